The van der Waals surface area contributed by atoms with Gasteiger partial charge in [-0.15, -0.1) is 0 Å². The van der Waals surface area contributed by atoms with Crippen LogP contribution in [0.15, 0.2) is 48.5 Å². The van der Waals surface area contributed by atoms with E-state index >= 15 is 0 Å². The van der Waals surface area contributed by atoms with Gasteiger partial charge in [0.25, 0.3) is 5.91 Å². The summed E-state index contributed by atoms with van der Waals surface area (Å²) < 4.78 is 7.01. The molecule has 2 aliphatic rings. The molecule has 0 radical (unpaired) electrons. The predicted molar refractivity (Wildman–Crippen MR) is 199 cm³/mol. The molecule has 8 nitrogen and oxygen atoms in total. The molecular weight excluding hydrogens is 612 g/mol. The molecule has 49 heavy (non-hydrogen) atoms. The molecule has 0 saturated carbocycles. The van der Waals surface area contributed by atoms with E-state index in [0.717, 1.165) is 92.8 Å². The summed E-state index contributed by atoms with van der Waals surface area (Å²) in [5.41, 5.74) is 5.25. The van der Waals surface area contributed by atoms with Crippen molar-refractivity contribution in [1.29, 1.82) is 0 Å². The zero-order chi connectivity index (χ0) is 35.7. The van der Waals surface area contributed by atoms with Crippen LogP contribution in [0.3, 0.4) is 0 Å². The van der Waals surface area contributed by atoms with Crippen LogP contribution in [-0.2, 0) is 18.4 Å². The molecule has 3 aromatic rings. The fraction of sp³-hybridized carbons (Fsp3) is 0.512. The van der Waals surface area contributed by atoms with Crippen LogP contribution in [0.5, 0.6) is 11.5 Å². The summed E-state index contributed by atoms with van der Waals surface area (Å²) in [5, 5.41) is 13.8. The van der Waals surface area contributed by atoms with Gasteiger partial charge in [0, 0.05) is 71.9 Å². The van der Waals surface area contributed by atoms with Crippen molar-refractivity contribution in [2.24, 2.45) is 0 Å². The number of ether oxygens (including phenoxy) is 1. The average molecular weight is 669 g/mol. The minimum Gasteiger partial charge on any atom is -0.464 e. The summed E-state index contributed by atoms with van der Waals surface area (Å²) in [6.07, 6.45) is 4.64. The maximum atomic E-state index is 14.9. The van der Waals surface area contributed by atoms with Crippen LogP contribution in [0.2, 0.25) is 0 Å². The summed E-state index contributed by atoms with van der Waals surface area (Å²) >= 11 is 0. The largest absolute Gasteiger partial charge is 0.464 e. The van der Waals surface area contributed by atoms with Gasteiger partial charge in [-0.3, -0.25) is 4.79 Å². The van der Waals surface area contributed by atoms with Gasteiger partial charge in [0.05, 0.1) is 5.54 Å². The number of unbranched alkanes of at least 4 members (excludes halogenated alkanes) is 2. The van der Waals surface area contributed by atoms with Crippen molar-refractivity contribution in [3.63, 3.8) is 0 Å². The maximum Gasteiger partial charge on any atom is 0.426 e. The number of hydrogen-bond acceptors (Lipinski definition) is 5. The minimum absolute atomic E-state index is 0.336. The van der Waals surface area contributed by atoms with Crippen LogP contribution >= 0.6 is 0 Å². The lowest BCUT2D eigenvalue weighted by molar-refractivity contribution is -0.0783. The van der Waals surface area contributed by atoms with E-state index < -0.39 is 17.2 Å². The van der Waals surface area contributed by atoms with Crippen molar-refractivity contribution < 1.29 is 19.4 Å². The van der Waals surface area contributed by atoms with Crippen LogP contribution in [-0.4, -0.2) is 58.8 Å². The molecule has 0 aliphatic carbocycles. The van der Waals surface area contributed by atoms with Crippen LogP contribution in [0.25, 0.3) is 0 Å². The first kappa shape index (κ1) is 36.1. The van der Waals surface area contributed by atoms with Gasteiger partial charge in [0.2, 0.25) is 0 Å². The highest BCUT2D eigenvalue weighted by Crippen LogP contribution is 2.60. The van der Waals surface area contributed by atoms with Crippen molar-refractivity contribution in [3.05, 3.63) is 81.9 Å². The number of aryl methyl sites for hydroxylation is 2. The van der Waals surface area contributed by atoms with Gasteiger partial charge in [0.1, 0.15) is 17.0 Å². The Morgan fingerprint density at radius 1 is 0.755 bits per heavy atom. The summed E-state index contributed by atoms with van der Waals surface area (Å²) in [6, 6.07) is 16.4. The van der Waals surface area contributed by atoms with Gasteiger partial charge in [0.15, 0.2) is 0 Å². The SMILES string of the molecule is CCCCc1cc2c(cc1N(CC)CC)Oc1cc(N(CC)CC)c(CCCC)cc1C21c2ccccc2C(=O)N1N(C(=O)O)C(C)(C)C. The van der Waals surface area contributed by atoms with Crippen molar-refractivity contribution in [3.8, 4) is 11.5 Å². The van der Waals surface area contributed by atoms with Gasteiger partial charge in [-0.25, -0.2) is 14.8 Å². The molecule has 2 amide bonds. The molecule has 0 aromatic heterocycles. The molecule has 1 spiro atoms. The summed E-state index contributed by atoms with van der Waals surface area (Å²) in [5.74, 6) is 0.961. The second-order valence-electron chi connectivity index (χ2n) is 14.2. The van der Waals surface area contributed by atoms with E-state index in [9.17, 15) is 14.7 Å². The zero-order valence-electron chi connectivity index (χ0n) is 31.2. The Kier molecular flexibility index (Phi) is 10.6. The number of anilines is 2. The first-order chi connectivity index (χ1) is 23.4. The molecule has 5 rings (SSSR count). The Balaban J connectivity index is 1.99. The zero-order valence-corrected chi connectivity index (χ0v) is 31.2. The average Bonchev–Trinajstić information content (AvgIpc) is 3.31. The van der Waals surface area contributed by atoms with E-state index in [4.69, 9.17) is 4.74 Å². The van der Waals surface area contributed by atoms with Gasteiger partial charge < -0.3 is 19.6 Å². The number of fused-ring (bicyclic) bond motifs is 6. The third-order valence-electron chi connectivity index (χ3n) is 10.2. The van der Waals surface area contributed by atoms with Crippen molar-refractivity contribution in [2.45, 2.75) is 112 Å². The lowest BCUT2D eigenvalue weighted by atomic mass is 9.73. The lowest BCUT2D eigenvalue weighted by Crippen LogP contribution is -2.63. The number of benzene rings is 3. The number of nitrogens with zero attached hydrogens (tertiary/aromatic N) is 4. The summed E-state index contributed by atoms with van der Waals surface area (Å²) in [6.45, 7) is 22.0. The van der Waals surface area contributed by atoms with Gasteiger partial charge >= 0.3 is 6.09 Å². The molecule has 0 fully saturated rings. The second kappa shape index (κ2) is 14.3. The van der Waals surface area contributed by atoms with E-state index in [-0.39, 0.29) is 5.91 Å². The molecule has 2 heterocycles. The molecule has 0 unspecified atom stereocenters. The Hall–Kier alpha value is -4.20. The van der Waals surface area contributed by atoms with Gasteiger partial charge in [-0.1, -0.05) is 44.9 Å². The van der Waals surface area contributed by atoms with E-state index in [1.54, 1.807) is 5.01 Å². The topological polar surface area (TPSA) is 76.6 Å². The maximum absolute atomic E-state index is 14.9. The molecule has 0 bridgehead atoms. The second-order valence-corrected chi connectivity index (χ2v) is 14.2. The molecule has 264 valence electrons. The fourth-order valence-electron chi connectivity index (χ4n) is 7.88. The number of hydrogen-bond donors (Lipinski definition) is 1. The molecule has 3 aromatic carbocycles. The van der Waals surface area contributed by atoms with E-state index in [2.05, 4.69) is 75.6 Å². The molecule has 8 heteroatoms. The first-order valence-corrected chi connectivity index (χ1v) is 18.4. The quantitative estimate of drug-likeness (QED) is 0.196. The predicted octanol–water partition coefficient (Wildman–Crippen LogP) is 9.61. The number of carbonyl (C=O) groups excluding carboxylic acids is 1. The Morgan fingerprint density at radius 3 is 1.63 bits per heavy atom. The third-order valence-corrected chi connectivity index (χ3v) is 10.2. The lowest BCUT2D eigenvalue weighted by Gasteiger charge is -2.51. The summed E-state index contributed by atoms with van der Waals surface area (Å²) in [4.78, 5) is 33.0. The third kappa shape index (κ3) is 6.01. The first-order valence-electron chi connectivity index (χ1n) is 18.4. The smallest absolute Gasteiger partial charge is 0.426 e. The number of carbonyl (C=O) groups is 2. The number of amides is 2. The Bertz CT molecular complexity index is 1610. The van der Waals surface area contributed by atoms with Crippen LogP contribution < -0.4 is 14.5 Å². The van der Waals surface area contributed by atoms with Gasteiger partial charge in [-0.2, -0.15) is 0 Å². The van der Waals surface area contributed by atoms with Gasteiger partial charge in [-0.05, 0) is 103 Å². The number of carboxylic acid groups (broad SMARTS) is 1. The highest BCUT2D eigenvalue weighted by molar-refractivity contribution is 6.03. The van der Waals surface area contributed by atoms with E-state index in [1.165, 1.54) is 16.1 Å². The normalized spacial score (nSPS) is 14.3. The van der Waals surface area contributed by atoms with Crippen molar-refractivity contribution >= 4 is 23.4 Å². The Labute approximate surface area is 293 Å². The standard InChI is InChI=1S/C41H56N4O4/c1-10-16-20-28-24-32-36(26-34(28)42(12-3)13-4)49-37-27-35(43(14-5)15-6)29(21-17-11-2)25-33(37)41(32)31-23-19-18-22-30(31)38(46)44(41)45(39(47)48)40(7,8)9/h18-19,22-27H,10-17,20-21H2,1-9H3,(H,47,48). The van der Waals surface area contributed by atoms with Crippen molar-refractivity contribution in [1.82, 2.24) is 10.0 Å². The number of rotatable bonds is 13. The van der Waals surface area contributed by atoms with Crippen LogP contribution in [0.4, 0.5) is 16.2 Å². The highest BCUT2D eigenvalue weighted by Gasteiger charge is 2.61. The molecule has 2 aliphatic heterocycles. The number of hydrazine groups is 1. The van der Waals surface area contributed by atoms with E-state index in [1.807, 2.05) is 45.0 Å². The fourth-order valence-corrected chi connectivity index (χ4v) is 7.88. The minimum atomic E-state index is -1.28. The van der Waals surface area contributed by atoms with Crippen LogP contribution in [0, 0.1) is 0 Å². The molecular formula is C41H56N4O4. The monoisotopic (exact) mass is 668 g/mol. The molecule has 0 saturated heterocycles. The van der Waals surface area contributed by atoms with E-state index in [0.29, 0.717) is 17.1 Å². The summed E-state index contributed by atoms with van der Waals surface area (Å²) in [7, 11) is 0. The van der Waals surface area contributed by atoms with Crippen LogP contribution in [0.1, 0.15) is 126 Å². The molecule has 0 atom stereocenters. The Morgan fingerprint density at radius 2 is 1.22 bits per heavy atom. The van der Waals surface area contributed by atoms with Crippen molar-refractivity contribution in [2.75, 3.05) is 36.0 Å². The highest BCUT2D eigenvalue weighted by atomic mass is 16.5. The molecule has 1 N–H and O–H groups in total.